The van der Waals surface area contributed by atoms with E-state index < -0.39 is 6.35 Å². The highest BCUT2D eigenvalue weighted by atomic mass is 16.3. The van der Waals surface area contributed by atoms with E-state index in [-0.39, 0.29) is 5.75 Å². The van der Waals surface area contributed by atoms with Gasteiger partial charge in [-0.1, -0.05) is 6.07 Å². The van der Waals surface area contributed by atoms with Crippen molar-refractivity contribution in [2.45, 2.75) is 6.35 Å². The number of anilines is 2. The molecule has 1 heterocycles. The maximum atomic E-state index is 9.24. The summed E-state index contributed by atoms with van der Waals surface area (Å²) in [4.78, 5) is 0. The summed E-state index contributed by atoms with van der Waals surface area (Å²) in [6, 6.07) is 5.05. The first-order valence-corrected chi connectivity index (χ1v) is 3.30. The molecule has 1 atom stereocenters. The fourth-order valence-electron chi connectivity index (χ4n) is 1.13. The third kappa shape index (κ3) is 0.877. The number of aliphatic hydroxyl groups is 1. The second kappa shape index (κ2) is 2.03. The molecule has 4 N–H and O–H groups in total. The van der Waals surface area contributed by atoms with E-state index >= 15 is 0 Å². The number of nitrogens with one attached hydrogen (secondary N) is 2. The molecule has 0 amide bonds. The number of aliphatic hydroxyl groups excluding tert-OH is 1. The Labute approximate surface area is 63.5 Å². The standard InChI is InChI=1S/C7H8N2O2/c10-5-3-1-2-4-6(5)9-7(11)8-4/h1-3,7-11H. The fourth-order valence-corrected chi connectivity index (χ4v) is 1.13. The van der Waals surface area contributed by atoms with Gasteiger partial charge in [0.1, 0.15) is 11.4 Å². The Bertz CT molecular complexity index is 288. The third-order valence-corrected chi connectivity index (χ3v) is 1.62. The van der Waals surface area contributed by atoms with Gasteiger partial charge < -0.3 is 20.8 Å². The zero-order valence-corrected chi connectivity index (χ0v) is 5.70. The van der Waals surface area contributed by atoms with Crippen molar-refractivity contribution < 1.29 is 10.2 Å². The summed E-state index contributed by atoms with van der Waals surface area (Å²) in [7, 11) is 0. The van der Waals surface area contributed by atoms with E-state index in [1.807, 2.05) is 0 Å². The van der Waals surface area contributed by atoms with Crippen LogP contribution in [0.3, 0.4) is 0 Å². The molecule has 1 aliphatic heterocycles. The number of hydrogen-bond acceptors (Lipinski definition) is 4. The van der Waals surface area contributed by atoms with Gasteiger partial charge in [0.2, 0.25) is 6.35 Å². The number of para-hydroxylation sites is 1. The number of phenols is 1. The van der Waals surface area contributed by atoms with Crippen molar-refractivity contribution in [1.82, 2.24) is 0 Å². The molecular weight excluding hydrogens is 144 g/mol. The lowest BCUT2D eigenvalue weighted by Crippen LogP contribution is -2.20. The first kappa shape index (κ1) is 6.30. The van der Waals surface area contributed by atoms with Crippen molar-refractivity contribution in [3.05, 3.63) is 18.2 Å². The molecule has 4 nitrogen and oxygen atoms in total. The molecule has 0 aromatic heterocycles. The molecule has 0 saturated carbocycles. The number of fused-ring (bicyclic) bond motifs is 1. The number of hydrogen-bond donors (Lipinski definition) is 4. The molecule has 2 rings (SSSR count). The second-order valence-corrected chi connectivity index (χ2v) is 2.39. The predicted octanol–water partition coefficient (Wildman–Crippen LogP) is 0.505. The van der Waals surface area contributed by atoms with Gasteiger partial charge in [-0.3, -0.25) is 0 Å². The van der Waals surface area contributed by atoms with Crippen molar-refractivity contribution in [1.29, 1.82) is 0 Å². The monoisotopic (exact) mass is 152 g/mol. The van der Waals surface area contributed by atoms with E-state index in [1.165, 1.54) is 0 Å². The van der Waals surface area contributed by atoms with Crippen molar-refractivity contribution in [3.8, 4) is 5.75 Å². The first-order valence-electron chi connectivity index (χ1n) is 3.30. The van der Waals surface area contributed by atoms with Gasteiger partial charge in [-0.05, 0) is 12.1 Å². The minimum absolute atomic E-state index is 0.145. The minimum Gasteiger partial charge on any atom is -0.506 e. The Morgan fingerprint density at radius 1 is 1.27 bits per heavy atom. The van der Waals surface area contributed by atoms with Crippen LogP contribution in [0.4, 0.5) is 11.4 Å². The van der Waals surface area contributed by atoms with E-state index in [9.17, 15) is 5.11 Å². The first-order chi connectivity index (χ1) is 5.27. The highest BCUT2D eigenvalue weighted by molar-refractivity contribution is 5.79. The van der Waals surface area contributed by atoms with E-state index in [1.54, 1.807) is 18.2 Å². The van der Waals surface area contributed by atoms with Crippen LogP contribution in [0.25, 0.3) is 0 Å². The number of aromatic hydroxyl groups is 1. The van der Waals surface area contributed by atoms with E-state index in [0.717, 1.165) is 5.69 Å². The zero-order chi connectivity index (χ0) is 7.84. The van der Waals surface area contributed by atoms with E-state index in [0.29, 0.717) is 5.69 Å². The topological polar surface area (TPSA) is 64.5 Å². The van der Waals surface area contributed by atoms with Crippen LogP contribution in [0.5, 0.6) is 5.75 Å². The maximum absolute atomic E-state index is 9.24. The normalized spacial score (nSPS) is 20.3. The summed E-state index contributed by atoms with van der Waals surface area (Å²) < 4.78 is 0. The quantitative estimate of drug-likeness (QED) is 0.409. The highest BCUT2D eigenvalue weighted by Gasteiger charge is 2.18. The fraction of sp³-hybridized carbons (Fsp3) is 0.143. The van der Waals surface area contributed by atoms with Gasteiger partial charge in [0, 0.05) is 0 Å². The number of phenolic OH excluding ortho intramolecular Hbond substituents is 1. The van der Waals surface area contributed by atoms with Crippen molar-refractivity contribution in [3.63, 3.8) is 0 Å². The molecule has 0 saturated heterocycles. The van der Waals surface area contributed by atoms with Gasteiger partial charge in [-0.15, -0.1) is 0 Å². The minimum atomic E-state index is -0.793. The van der Waals surface area contributed by atoms with Crippen LogP contribution in [-0.2, 0) is 0 Å². The predicted molar refractivity (Wildman–Crippen MR) is 41.4 cm³/mol. The van der Waals surface area contributed by atoms with Crippen LogP contribution >= 0.6 is 0 Å². The summed E-state index contributed by atoms with van der Waals surface area (Å²) in [5.41, 5.74) is 1.28. The van der Waals surface area contributed by atoms with Gasteiger partial charge in [-0.2, -0.15) is 0 Å². The van der Waals surface area contributed by atoms with Gasteiger partial charge in [0.25, 0.3) is 0 Å². The lowest BCUT2D eigenvalue weighted by Gasteiger charge is -2.01. The molecule has 0 aliphatic carbocycles. The molecule has 1 aromatic carbocycles. The van der Waals surface area contributed by atoms with Crippen LogP contribution < -0.4 is 10.6 Å². The Hall–Kier alpha value is -1.42. The molecule has 0 spiro atoms. The summed E-state index contributed by atoms with van der Waals surface area (Å²) in [6.07, 6.45) is -0.793. The molecular formula is C7H8N2O2. The molecule has 1 aromatic rings. The smallest absolute Gasteiger partial charge is 0.203 e. The third-order valence-electron chi connectivity index (χ3n) is 1.62. The zero-order valence-electron chi connectivity index (χ0n) is 5.70. The summed E-state index contributed by atoms with van der Waals surface area (Å²) in [6.45, 7) is 0. The van der Waals surface area contributed by atoms with Gasteiger partial charge in [0.05, 0.1) is 5.69 Å². The average molecular weight is 152 g/mol. The largest absolute Gasteiger partial charge is 0.506 e. The molecule has 11 heavy (non-hydrogen) atoms. The molecule has 1 unspecified atom stereocenters. The second-order valence-electron chi connectivity index (χ2n) is 2.39. The lowest BCUT2D eigenvalue weighted by molar-refractivity contribution is 0.238. The Morgan fingerprint density at radius 2 is 2.09 bits per heavy atom. The Morgan fingerprint density at radius 3 is 2.82 bits per heavy atom. The summed E-state index contributed by atoms with van der Waals surface area (Å²) >= 11 is 0. The van der Waals surface area contributed by atoms with Gasteiger partial charge in [-0.25, -0.2) is 0 Å². The van der Waals surface area contributed by atoms with Crippen LogP contribution in [0, 0.1) is 0 Å². The number of rotatable bonds is 0. The van der Waals surface area contributed by atoms with Crippen LogP contribution in [-0.4, -0.2) is 16.6 Å². The SMILES string of the molecule is Oc1cccc2c1NC(O)N2. The van der Waals surface area contributed by atoms with Crippen molar-refractivity contribution in [2.24, 2.45) is 0 Å². The van der Waals surface area contributed by atoms with Crippen LogP contribution in [0.2, 0.25) is 0 Å². The van der Waals surface area contributed by atoms with E-state index in [2.05, 4.69) is 10.6 Å². The van der Waals surface area contributed by atoms with Gasteiger partial charge in [0.15, 0.2) is 0 Å². The highest BCUT2D eigenvalue weighted by Crippen LogP contribution is 2.35. The van der Waals surface area contributed by atoms with Crippen molar-refractivity contribution >= 4 is 11.4 Å². The van der Waals surface area contributed by atoms with Crippen molar-refractivity contribution in [2.75, 3.05) is 10.6 Å². The number of benzene rings is 1. The van der Waals surface area contributed by atoms with Gasteiger partial charge >= 0.3 is 0 Å². The van der Waals surface area contributed by atoms with Crippen LogP contribution in [0.1, 0.15) is 0 Å². The Balaban J connectivity index is 2.49. The molecule has 1 aliphatic rings. The Kier molecular flexibility index (Phi) is 1.16. The average Bonchev–Trinajstić information content (AvgIpc) is 2.31. The maximum Gasteiger partial charge on any atom is 0.203 e. The van der Waals surface area contributed by atoms with Crippen LogP contribution in [0.15, 0.2) is 18.2 Å². The molecule has 58 valence electrons. The molecule has 0 radical (unpaired) electrons. The lowest BCUT2D eigenvalue weighted by atomic mass is 10.2. The molecule has 0 fully saturated rings. The summed E-state index contributed by atoms with van der Waals surface area (Å²) in [5.74, 6) is 0.145. The molecule has 4 heteroatoms. The summed E-state index contributed by atoms with van der Waals surface area (Å²) in [5, 5.41) is 23.7. The molecule has 0 bridgehead atoms. The van der Waals surface area contributed by atoms with E-state index in [4.69, 9.17) is 5.11 Å².